The van der Waals surface area contributed by atoms with Gasteiger partial charge in [-0.1, -0.05) is 12.2 Å². The third-order valence-electron chi connectivity index (χ3n) is 5.38. The third-order valence-corrected chi connectivity index (χ3v) is 5.38. The number of rotatable bonds is 3. The molecule has 140 valence electrons. The van der Waals surface area contributed by atoms with Crippen molar-refractivity contribution in [3.05, 3.63) is 40.5 Å². The van der Waals surface area contributed by atoms with E-state index in [0.29, 0.717) is 0 Å². The van der Waals surface area contributed by atoms with Crippen molar-refractivity contribution in [1.29, 1.82) is 0 Å². The fourth-order valence-corrected chi connectivity index (χ4v) is 4.31. The van der Waals surface area contributed by atoms with Crippen molar-refractivity contribution in [3.8, 4) is 5.75 Å². The Morgan fingerprint density at radius 2 is 1.74 bits per heavy atom. The Hall–Kier alpha value is -3.07. The van der Waals surface area contributed by atoms with E-state index in [4.69, 9.17) is 9.47 Å². The zero-order valence-corrected chi connectivity index (χ0v) is 14.8. The molecule has 9 heteroatoms. The number of nitro groups is 1. The molecule has 27 heavy (non-hydrogen) atoms. The van der Waals surface area contributed by atoms with Gasteiger partial charge in [0.1, 0.15) is 0 Å². The maximum Gasteiger partial charge on any atom is 0.313 e. The summed E-state index contributed by atoms with van der Waals surface area (Å²) in [7, 11) is 0. The van der Waals surface area contributed by atoms with Crippen molar-refractivity contribution in [3.63, 3.8) is 0 Å². The maximum atomic E-state index is 13.0. The molecule has 0 radical (unpaired) electrons. The summed E-state index contributed by atoms with van der Waals surface area (Å²) in [4.78, 5) is 48.7. The van der Waals surface area contributed by atoms with Crippen LogP contribution in [0.15, 0.2) is 30.4 Å². The van der Waals surface area contributed by atoms with Crippen LogP contribution in [0.3, 0.4) is 0 Å². The lowest BCUT2D eigenvalue weighted by Crippen LogP contribution is -2.39. The summed E-state index contributed by atoms with van der Waals surface area (Å²) in [5, 5.41) is 11.3. The first-order valence-corrected chi connectivity index (χ1v) is 8.33. The lowest BCUT2D eigenvalue weighted by atomic mass is 9.73. The van der Waals surface area contributed by atoms with Gasteiger partial charge in [0.25, 0.3) is 0 Å². The van der Waals surface area contributed by atoms with E-state index in [9.17, 15) is 24.5 Å². The molecule has 2 bridgehead atoms. The number of hydrogen-bond acceptors (Lipinski definition) is 7. The van der Waals surface area contributed by atoms with Crippen molar-refractivity contribution in [2.24, 2.45) is 11.8 Å². The van der Waals surface area contributed by atoms with Crippen LogP contribution in [0.1, 0.15) is 20.8 Å². The van der Waals surface area contributed by atoms with Crippen LogP contribution in [-0.2, 0) is 19.1 Å². The summed E-state index contributed by atoms with van der Waals surface area (Å²) < 4.78 is 10.7. The molecule has 2 fully saturated rings. The van der Waals surface area contributed by atoms with Crippen LogP contribution >= 0.6 is 0 Å². The Kier molecular flexibility index (Phi) is 3.36. The number of benzene rings is 1. The Bertz CT molecular complexity index is 919. The van der Waals surface area contributed by atoms with E-state index in [2.05, 4.69) is 0 Å². The van der Waals surface area contributed by atoms with Gasteiger partial charge in [0, 0.05) is 13.0 Å². The highest BCUT2D eigenvalue weighted by atomic mass is 16.6. The molecule has 0 unspecified atom stereocenters. The van der Waals surface area contributed by atoms with Gasteiger partial charge in [0.05, 0.1) is 33.6 Å². The summed E-state index contributed by atoms with van der Waals surface area (Å²) in [6, 6.07) is 3.62. The molecule has 3 aliphatic rings. The van der Waals surface area contributed by atoms with Gasteiger partial charge in [-0.3, -0.25) is 24.5 Å². The first-order valence-electron chi connectivity index (χ1n) is 8.33. The first kappa shape index (κ1) is 17.3. The number of imide groups is 1. The van der Waals surface area contributed by atoms with E-state index in [-0.39, 0.29) is 11.4 Å². The molecule has 4 atom stereocenters. The molecule has 0 saturated carbocycles. The molecule has 3 aliphatic heterocycles. The molecule has 0 aromatic heterocycles. The van der Waals surface area contributed by atoms with Crippen LogP contribution in [0.2, 0.25) is 0 Å². The zero-order chi connectivity index (χ0) is 19.7. The fourth-order valence-electron chi connectivity index (χ4n) is 4.31. The molecule has 1 aromatic rings. The number of hydrogen-bond donors (Lipinski definition) is 0. The predicted octanol–water partition coefficient (Wildman–Crippen LogP) is 1.74. The average Bonchev–Trinajstić information content (AvgIpc) is 3.11. The highest BCUT2D eigenvalue weighted by Crippen LogP contribution is 2.57. The molecule has 0 aliphatic carbocycles. The summed E-state index contributed by atoms with van der Waals surface area (Å²) in [5.74, 6) is -3.27. The molecule has 0 N–H and O–H groups in total. The lowest BCUT2D eigenvalue weighted by molar-refractivity contribution is -0.385. The first-order chi connectivity index (χ1) is 12.6. The van der Waals surface area contributed by atoms with Crippen LogP contribution < -0.4 is 9.64 Å². The molecule has 9 nitrogen and oxygen atoms in total. The van der Waals surface area contributed by atoms with Crippen LogP contribution in [-0.4, -0.2) is 33.9 Å². The van der Waals surface area contributed by atoms with E-state index in [0.717, 1.165) is 17.9 Å². The lowest BCUT2D eigenvalue weighted by Gasteiger charge is -2.25. The minimum Gasteiger partial charge on any atom is -0.419 e. The van der Waals surface area contributed by atoms with Gasteiger partial charge < -0.3 is 9.47 Å². The zero-order valence-electron chi connectivity index (χ0n) is 14.8. The van der Waals surface area contributed by atoms with Gasteiger partial charge in [-0.25, -0.2) is 4.90 Å². The highest BCUT2D eigenvalue weighted by molar-refractivity contribution is 6.23. The van der Waals surface area contributed by atoms with Gasteiger partial charge in [-0.15, -0.1) is 0 Å². The molecule has 0 spiro atoms. The van der Waals surface area contributed by atoms with Crippen LogP contribution in [0, 0.1) is 22.0 Å². The van der Waals surface area contributed by atoms with Crippen LogP contribution in [0.4, 0.5) is 11.4 Å². The van der Waals surface area contributed by atoms with Crippen molar-refractivity contribution in [1.82, 2.24) is 0 Å². The molecule has 4 rings (SSSR count). The minimum atomic E-state index is -0.884. The number of fused-ring (bicyclic) bond motifs is 5. The average molecular weight is 372 g/mol. The van der Waals surface area contributed by atoms with Gasteiger partial charge in [0.2, 0.25) is 17.6 Å². The molecule has 1 aromatic carbocycles. The number of ether oxygens (including phenoxy) is 2. The Morgan fingerprint density at radius 3 is 2.22 bits per heavy atom. The van der Waals surface area contributed by atoms with Crippen LogP contribution in [0.25, 0.3) is 0 Å². The standard InChI is InChI=1S/C18H16N2O7/c1-9(21)26-12-5-4-10(8-11(12)20(24)25)19-15(22)13-14(16(19)23)18(3)7-6-17(13,2)27-18/h4-8,13-14H,1-3H3/t13-,14+,17-,18-/m1/s1. The van der Waals surface area contributed by atoms with Gasteiger partial charge in [-0.2, -0.15) is 0 Å². The fraction of sp³-hybridized carbons (Fsp3) is 0.389. The van der Waals surface area contributed by atoms with Crippen molar-refractivity contribution in [2.75, 3.05) is 4.90 Å². The second-order valence-corrected chi connectivity index (χ2v) is 7.27. The predicted molar refractivity (Wildman–Crippen MR) is 90.9 cm³/mol. The van der Waals surface area contributed by atoms with Gasteiger partial charge in [-0.05, 0) is 26.0 Å². The molecule has 2 amide bonds. The molecule has 2 saturated heterocycles. The van der Waals surface area contributed by atoms with E-state index in [1.807, 2.05) is 0 Å². The summed E-state index contributed by atoms with van der Waals surface area (Å²) in [5.41, 5.74) is -2.21. The van der Waals surface area contributed by atoms with E-state index in [1.54, 1.807) is 26.0 Å². The third kappa shape index (κ3) is 2.24. The largest absolute Gasteiger partial charge is 0.419 e. The molecular weight excluding hydrogens is 356 g/mol. The highest BCUT2D eigenvalue weighted by Gasteiger charge is 2.70. The van der Waals surface area contributed by atoms with Crippen molar-refractivity contribution in [2.45, 2.75) is 32.0 Å². The monoisotopic (exact) mass is 372 g/mol. The number of nitrogens with zero attached hydrogens (tertiary/aromatic N) is 2. The van der Waals surface area contributed by atoms with Crippen molar-refractivity contribution < 1.29 is 28.8 Å². The number of esters is 1. The second kappa shape index (κ2) is 5.23. The van der Waals surface area contributed by atoms with Gasteiger partial charge in [0.15, 0.2) is 0 Å². The molecule has 3 heterocycles. The van der Waals surface area contributed by atoms with E-state index >= 15 is 0 Å². The number of carbonyl (C=O) groups is 3. The number of anilines is 1. The summed E-state index contributed by atoms with van der Waals surface area (Å²) in [6.45, 7) is 4.62. The number of nitro benzene ring substituents is 1. The Morgan fingerprint density at radius 1 is 1.19 bits per heavy atom. The summed E-state index contributed by atoms with van der Waals surface area (Å²) in [6.07, 6.45) is 3.57. The second-order valence-electron chi connectivity index (χ2n) is 7.27. The SMILES string of the molecule is CC(=O)Oc1ccc(N2C(=O)[C@@H]3[C@H](C2=O)[C@@]2(C)C=C[C@@]3(C)O2)cc1[N+](=O)[O-]. The van der Waals surface area contributed by atoms with E-state index < -0.39 is 51.4 Å². The number of amides is 2. The Labute approximate surface area is 153 Å². The molecular formula is C18H16N2O7. The quantitative estimate of drug-likeness (QED) is 0.198. The smallest absolute Gasteiger partial charge is 0.313 e. The minimum absolute atomic E-state index is 0.0635. The Balaban J connectivity index is 1.76. The number of carbonyl (C=O) groups excluding carboxylic acids is 3. The normalized spacial score (nSPS) is 33.5. The van der Waals surface area contributed by atoms with Crippen molar-refractivity contribution >= 4 is 29.2 Å². The maximum absolute atomic E-state index is 13.0. The van der Waals surface area contributed by atoms with E-state index in [1.165, 1.54) is 12.1 Å². The summed E-state index contributed by atoms with van der Waals surface area (Å²) >= 11 is 0. The van der Waals surface area contributed by atoms with Crippen LogP contribution in [0.5, 0.6) is 5.75 Å². The van der Waals surface area contributed by atoms with Gasteiger partial charge >= 0.3 is 11.7 Å². The topological polar surface area (TPSA) is 116 Å².